The lowest BCUT2D eigenvalue weighted by molar-refractivity contribution is -0.153. The fourth-order valence-electron chi connectivity index (χ4n) is 1.19. The van der Waals surface area contributed by atoms with E-state index in [0.29, 0.717) is 16.3 Å². The molecule has 1 rings (SSSR count). The molecule has 0 aliphatic heterocycles. The van der Waals surface area contributed by atoms with Crippen LogP contribution in [-0.4, -0.2) is 19.1 Å². The summed E-state index contributed by atoms with van der Waals surface area (Å²) in [5, 5.41) is 0. The Balaban J connectivity index is 2.99. The third-order valence-corrected chi connectivity index (χ3v) is 2.23. The summed E-state index contributed by atoms with van der Waals surface area (Å²) in [7, 11) is 0. The molecule has 0 radical (unpaired) electrons. The van der Waals surface area contributed by atoms with Crippen molar-refractivity contribution in [3.8, 4) is 5.75 Å². The molecule has 0 atom stereocenters. The van der Waals surface area contributed by atoms with Gasteiger partial charge in [-0.05, 0) is 24.6 Å². The summed E-state index contributed by atoms with van der Waals surface area (Å²) in [6, 6.07) is 2.99. The molecule has 88 valence electrons. The zero-order valence-corrected chi connectivity index (χ0v) is 9.85. The van der Waals surface area contributed by atoms with Crippen LogP contribution in [0.25, 0.3) is 0 Å². The number of aldehydes is 1. The van der Waals surface area contributed by atoms with E-state index in [4.69, 9.17) is 0 Å². The molecule has 0 spiro atoms. The first-order valence-corrected chi connectivity index (χ1v) is 5.07. The van der Waals surface area contributed by atoms with Crippen molar-refractivity contribution in [2.45, 2.75) is 13.1 Å². The summed E-state index contributed by atoms with van der Waals surface area (Å²) in [4.78, 5) is 10.7. The number of halogens is 4. The topological polar surface area (TPSA) is 26.3 Å². The van der Waals surface area contributed by atoms with Gasteiger partial charge in [-0.1, -0.05) is 15.9 Å². The number of carbonyl (C=O) groups excluding carboxylic acids is 1. The second-order valence-corrected chi connectivity index (χ2v) is 4.08. The van der Waals surface area contributed by atoms with Gasteiger partial charge in [0.2, 0.25) is 0 Å². The fourth-order valence-corrected chi connectivity index (χ4v) is 1.78. The molecule has 0 aromatic heterocycles. The maximum atomic E-state index is 12.0. The van der Waals surface area contributed by atoms with Crippen LogP contribution in [0.4, 0.5) is 13.2 Å². The summed E-state index contributed by atoms with van der Waals surface area (Å²) in [6.07, 6.45) is -3.96. The van der Waals surface area contributed by atoms with Gasteiger partial charge in [0.25, 0.3) is 0 Å². The monoisotopic (exact) mass is 296 g/mol. The van der Waals surface area contributed by atoms with E-state index in [1.54, 1.807) is 13.0 Å². The molecule has 0 unspecified atom stereocenters. The van der Waals surface area contributed by atoms with E-state index in [1.807, 2.05) is 0 Å². The highest BCUT2D eigenvalue weighted by molar-refractivity contribution is 9.10. The van der Waals surface area contributed by atoms with Crippen molar-refractivity contribution in [1.29, 1.82) is 0 Å². The molecule has 0 saturated heterocycles. The summed E-state index contributed by atoms with van der Waals surface area (Å²) in [6.45, 7) is 0.166. The molecule has 6 heteroatoms. The minimum Gasteiger partial charge on any atom is -0.483 e. The Labute approximate surface area is 98.5 Å². The van der Waals surface area contributed by atoms with Gasteiger partial charge in [0.15, 0.2) is 12.9 Å². The first-order chi connectivity index (χ1) is 7.33. The van der Waals surface area contributed by atoms with Crippen LogP contribution in [0, 0.1) is 6.92 Å². The van der Waals surface area contributed by atoms with Crippen LogP contribution in [0.15, 0.2) is 16.6 Å². The van der Waals surface area contributed by atoms with Gasteiger partial charge in [-0.2, -0.15) is 13.2 Å². The molecule has 0 heterocycles. The van der Waals surface area contributed by atoms with Crippen molar-refractivity contribution in [2.24, 2.45) is 0 Å². The number of benzene rings is 1. The van der Waals surface area contributed by atoms with Crippen LogP contribution < -0.4 is 4.74 Å². The third-order valence-electron chi connectivity index (χ3n) is 1.78. The summed E-state index contributed by atoms with van der Waals surface area (Å²) in [5.74, 6) is -0.0319. The molecule has 0 fully saturated rings. The van der Waals surface area contributed by atoms with Crippen molar-refractivity contribution in [2.75, 3.05) is 6.61 Å². The average molecular weight is 297 g/mol. The smallest absolute Gasteiger partial charge is 0.422 e. The van der Waals surface area contributed by atoms with Gasteiger partial charge in [0.05, 0.1) is 5.56 Å². The molecule has 0 N–H and O–H groups in total. The second kappa shape index (κ2) is 4.86. The first kappa shape index (κ1) is 13.0. The van der Waals surface area contributed by atoms with Crippen molar-refractivity contribution in [1.82, 2.24) is 0 Å². The Hall–Kier alpha value is -1.04. The van der Waals surface area contributed by atoms with Crippen LogP contribution >= 0.6 is 15.9 Å². The first-order valence-electron chi connectivity index (χ1n) is 4.28. The zero-order valence-electron chi connectivity index (χ0n) is 8.27. The van der Waals surface area contributed by atoms with Gasteiger partial charge >= 0.3 is 6.18 Å². The molecule has 0 aliphatic carbocycles. The van der Waals surface area contributed by atoms with E-state index in [1.165, 1.54) is 6.07 Å². The fraction of sp³-hybridized carbons (Fsp3) is 0.300. The minimum atomic E-state index is -4.42. The van der Waals surface area contributed by atoms with E-state index in [-0.39, 0.29) is 11.3 Å². The Morgan fingerprint density at radius 2 is 2.06 bits per heavy atom. The van der Waals surface area contributed by atoms with Gasteiger partial charge in [-0.25, -0.2) is 0 Å². The van der Waals surface area contributed by atoms with E-state index < -0.39 is 12.8 Å². The summed E-state index contributed by atoms with van der Waals surface area (Å²) < 4.78 is 41.1. The standard InChI is InChI=1S/C10H8BrF3O2/c1-6-2-8(11)3-7(4-15)9(6)16-5-10(12,13)14/h2-4H,5H2,1H3. The number of carbonyl (C=O) groups is 1. The quantitative estimate of drug-likeness (QED) is 0.798. The molecule has 1 aromatic rings. The lowest BCUT2D eigenvalue weighted by atomic mass is 10.1. The summed E-state index contributed by atoms with van der Waals surface area (Å²) >= 11 is 3.14. The predicted molar refractivity (Wildman–Crippen MR) is 55.8 cm³/mol. The van der Waals surface area contributed by atoms with Gasteiger partial charge in [-0.3, -0.25) is 4.79 Å². The molecule has 0 saturated carbocycles. The molecular weight excluding hydrogens is 289 g/mol. The highest BCUT2D eigenvalue weighted by Gasteiger charge is 2.29. The molecule has 16 heavy (non-hydrogen) atoms. The number of hydrogen-bond acceptors (Lipinski definition) is 2. The van der Waals surface area contributed by atoms with Gasteiger partial charge < -0.3 is 4.74 Å². The highest BCUT2D eigenvalue weighted by Crippen LogP contribution is 2.28. The molecule has 2 nitrogen and oxygen atoms in total. The van der Waals surface area contributed by atoms with Gasteiger partial charge in [0, 0.05) is 4.47 Å². The van der Waals surface area contributed by atoms with Crippen LogP contribution in [0.1, 0.15) is 15.9 Å². The van der Waals surface area contributed by atoms with E-state index >= 15 is 0 Å². The zero-order chi connectivity index (χ0) is 12.3. The van der Waals surface area contributed by atoms with E-state index in [0.717, 1.165) is 0 Å². The largest absolute Gasteiger partial charge is 0.483 e. The Bertz CT molecular complexity index is 402. The normalized spacial score (nSPS) is 11.3. The van der Waals surface area contributed by atoms with Crippen molar-refractivity contribution < 1.29 is 22.7 Å². The van der Waals surface area contributed by atoms with Crippen molar-refractivity contribution >= 4 is 22.2 Å². The van der Waals surface area contributed by atoms with Crippen molar-refractivity contribution in [3.63, 3.8) is 0 Å². The van der Waals surface area contributed by atoms with Gasteiger partial charge in [0.1, 0.15) is 5.75 Å². The number of ether oxygens (including phenoxy) is 1. The number of rotatable bonds is 3. The Morgan fingerprint density at radius 1 is 1.44 bits per heavy atom. The Morgan fingerprint density at radius 3 is 2.56 bits per heavy atom. The lowest BCUT2D eigenvalue weighted by Gasteiger charge is -2.13. The minimum absolute atomic E-state index is 0.0319. The molecular formula is C10H8BrF3O2. The van der Waals surface area contributed by atoms with Crippen LogP contribution in [0.5, 0.6) is 5.75 Å². The van der Waals surface area contributed by atoms with Crippen molar-refractivity contribution in [3.05, 3.63) is 27.7 Å². The summed E-state index contributed by atoms with van der Waals surface area (Å²) in [5.41, 5.74) is 0.567. The average Bonchev–Trinajstić information content (AvgIpc) is 2.13. The van der Waals surface area contributed by atoms with Gasteiger partial charge in [-0.15, -0.1) is 0 Å². The molecule has 0 amide bonds. The number of alkyl halides is 3. The molecule has 0 bridgehead atoms. The predicted octanol–water partition coefficient (Wildman–Crippen LogP) is 3.51. The number of hydrogen-bond donors (Lipinski definition) is 0. The number of aryl methyl sites for hydroxylation is 1. The second-order valence-electron chi connectivity index (χ2n) is 3.16. The maximum Gasteiger partial charge on any atom is 0.422 e. The van der Waals surface area contributed by atoms with E-state index in [2.05, 4.69) is 20.7 Å². The highest BCUT2D eigenvalue weighted by atomic mass is 79.9. The lowest BCUT2D eigenvalue weighted by Crippen LogP contribution is -2.20. The molecule has 1 aromatic carbocycles. The van der Waals surface area contributed by atoms with E-state index in [9.17, 15) is 18.0 Å². The SMILES string of the molecule is Cc1cc(Br)cc(C=O)c1OCC(F)(F)F. The Kier molecular flexibility index (Phi) is 3.96. The van der Waals surface area contributed by atoms with Crippen LogP contribution in [0.2, 0.25) is 0 Å². The molecule has 0 aliphatic rings. The third kappa shape index (κ3) is 3.52. The van der Waals surface area contributed by atoms with Crippen LogP contribution in [0.3, 0.4) is 0 Å². The maximum absolute atomic E-state index is 12.0. The van der Waals surface area contributed by atoms with Crippen LogP contribution in [-0.2, 0) is 0 Å².